The van der Waals surface area contributed by atoms with Crippen LogP contribution in [0.3, 0.4) is 0 Å². The van der Waals surface area contributed by atoms with Gasteiger partial charge in [0.15, 0.2) is 0 Å². The van der Waals surface area contributed by atoms with Crippen LogP contribution in [0, 0.1) is 34.6 Å². The van der Waals surface area contributed by atoms with Crippen LogP contribution in [0.25, 0.3) is 0 Å². The number of nitrogens with one attached hydrogen (secondary N) is 1. The highest BCUT2D eigenvalue weighted by Gasteiger charge is 2.43. The normalized spacial score (nSPS) is 15.3. The second-order valence-corrected chi connectivity index (χ2v) is 11.2. The molecule has 2 amide bonds. The lowest BCUT2D eigenvalue weighted by Crippen LogP contribution is -2.53. The van der Waals surface area contributed by atoms with Crippen molar-refractivity contribution in [3.05, 3.63) is 82.4 Å². The van der Waals surface area contributed by atoms with Gasteiger partial charge in [-0.3, -0.25) is 13.9 Å². The molecule has 36 heavy (non-hydrogen) atoms. The Hall–Kier alpha value is -3.65. The summed E-state index contributed by atoms with van der Waals surface area (Å²) in [6.07, 6.45) is -0.312. The van der Waals surface area contributed by atoms with Crippen molar-refractivity contribution < 1.29 is 18.0 Å². The number of anilines is 3. The highest BCUT2D eigenvalue weighted by atomic mass is 32.2. The van der Waals surface area contributed by atoms with E-state index in [1.54, 1.807) is 45.2 Å². The van der Waals surface area contributed by atoms with Crippen LogP contribution >= 0.6 is 0 Å². The van der Waals surface area contributed by atoms with Crippen LogP contribution in [-0.2, 0) is 19.6 Å². The summed E-state index contributed by atoms with van der Waals surface area (Å²) in [7, 11) is -2.54. The number of sulfonamides is 1. The summed E-state index contributed by atoms with van der Waals surface area (Å²) in [6.45, 7) is 9.29. The molecule has 0 radical (unpaired) electrons. The van der Waals surface area contributed by atoms with Gasteiger partial charge in [0.2, 0.25) is 11.8 Å². The highest BCUT2D eigenvalue weighted by Crippen LogP contribution is 2.39. The van der Waals surface area contributed by atoms with Crippen molar-refractivity contribution in [3.8, 4) is 0 Å². The third-order valence-corrected chi connectivity index (χ3v) is 8.69. The first kappa shape index (κ1) is 25.4. The Morgan fingerprint density at radius 1 is 0.917 bits per heavy atom. The van der Waals surface area contributed by atoms with Gasteiger partial charge < -0.3 is 10.2 Å². The molecule has 8 heteroatoms. The summed E-state index contributed by atoms with van der Waals surface area (Å²) < 4.78 is 29.5. The SMILES string of the molecule is Cc1ccc(N(C)C(=O)CC2C(=O)Nc3ccccc3N2S(=O)(=O)c2c(C)cc(C)cc2C)c(C)c1. The molecule has 188 valence electrons. The molecule has 0 saturated carbocycles. The minimum Gasteiger partial charge on any atom is -0.322 e. The molecular weight excluding hydrogens is 474 g/mol. The molecule has 0 saturated heterocycles. The number of carbonyl (C=O) groups is 2. The molecule has 0 aromatic heterocycles. The molecule has 1 aliphatic heterocycles. The van der Waals surface area contributed by atoms with Crippen molar-refractivity contribution in [3.63, 3.8) is 0 Å². The van der Waals surface area contributed by atoms with Gasteiger partial charge in [-0.05, 0) is 69.5 Å². The molecule has 0 aliphatic carbocycles. The van der Waals surface area contributed by atoms with Crippen molar-refractivity contribution in [1.29, 1.82) is 0 Å². The average molecular weight is 506 g/mol. The molecule has 0 bridgehead atoms. The van der Waals surface area contributed by atoms with E-state index in [1.165, 1.54) is 4.90 Å². The van der Waals surface area contributed by atoms with Gasteiger partial charge in [0.1, 0.15) is 6.04 Å². The molecule has 3 aromatic carbocycles. The Morgan fingerprint density at radius 2 is 1.53 bits per heavy atom. The summed E-state index contributed by atoms with van der Waals surface area (Å²) in [5, 5.41) is 2.79. The van der Waals surface area contributed by atoms with Crippen molar-refractivity contribution in [2.45, 2.75) is 52.0 Å². The van der Waals surface area contributed by atoms with E-state index in [4.69, 9.17) is 0 Å². The fourth-order valence-electron chi connectivity index (χ4n) is 5.02. The van der Waals surface area contributed by atoms with E-state index in [1.807, 2.05) is 51.1 Å². The number of fused-ring (bicyclic) bond motifs is 1. The van der Waals surface area contributed by atoms with E-state index < -0.39 is 22.0 Å². The number of rotatable bonds is 5. The first-order valence-corrected chi connectivity index (χ1v) is 13.2. The smallest absolute Gasteiger partial charge is 0.265 e. The number of amides is 2. The number of hydrogen-bond acceptors (Lipinski definition) is 4. The summed E-state index contributed by atoms with van der Waals surface area (Å²) in [4.78, 5) is 28.3. The molecule has 1 heterocycles. The zero-order chi connectivity index (χ0) is 26.4. The van der Waals surface area contributed by atoms with Gasteiger partial charge >= 0.3 is 0 Å². The Labute approximate surface area is 212 Å². The molecule has 1 aliphatic rings. The topological polar surface area (TPSA) is 86.8 Å². The van der Waals surface area contributed by atoms with Gasteiger partial charge in [0.05, 0.1) is 22.7 Å². The summed E-state index contributed by atoms with van der Waals surface area (Å²) in [5.74, 6) is -0.902. The Bertz CT molecular complexity index is 1460. The highest BCUT2D eigenvalue weighted by molar-refractivity contribution is 7.93. The van der Waals surface area contributed by atoms with Gasteiger partial charge in [-0.25, -0.2) is 8.42 Å². The van der Waals surface area contributed by atoms with Gasteiger partial charge in [0, 0.05) is 12.7 Å². The monoisotopic (exact) mass is 505 g/mol. The van der Waals surface area contributed by atoms with Crippen molar-refractivity contribution in [1.82, 2.24) is 0 Å². The molecule has 0 fully saturated rings. The lowest BCUT2D eigenvalue weighted by molar-refractivity contribution is -0.123. The summed E-state index contributed by atoms with van der Waals surface area (Å²) in [6, 6.07) is 14.9. The first-order chi connectivity index (χ1) is 16.9. The fraction of sp³-hybridized carbons (Fsp3) is 0.286. The zero-order valence-corrected chi connectivity index (χ0v) is 22.2. The number of para-hydroxylation sites is 2. The van der Waals surface area contributed by atoms with E-state index in [2.05, 4.69) is 5.32 Å². The number of aryl methyl sites for hydroxylation is 5. The van der Waals surface area contributed by atoms with Crippen molar-refractivity contribution in [2.75, 3.05) is 21.6 Å². The molecule has 7 nitrogen and oxygen atoms in total. The number of carbonyl (C=O) groups excluding carboxylic acids is 2. The summed E-state index contributed by atoms with van der Waals surface area (Å²) >= 11 is 0. The Kier molecular flexibility index (Phi) is 6.66. The van der Waals surface area contributed by atoms with Crippen LogP contribution in [0.2, 0.25) is 0 Å². The van der Waals surface area contributed by atoms with Crippen LogP contribution in [0.5, 0.6) is 0 Å². The fourth-order valence-corrected chi connectivity index (χ4v) is 7.08. The number of benzene rings is 3. The van der Waals surface area contributed by atoms with Crippen LogP contribution in [0.1, 0.15) is 34.2 Å². The van der Waals surface area contributed by atoms with E-state index in [9.17, 15) is 18.0 Å². The quantitative estimate of drug-likeness (QED) is 0.540. The van der Waals surface area contributed by atoms with Gasteiger partial charge in [-0.15, -0.1) is 0 Å². The Morgan fingerprint density at radius 3 is 2.17 bits per heavy atom. The van der Waals surface area contributed by atoms with E-state index in [0.29, 0.717) is 28.2 Å². The van der Waals surface area contributed by atoms with E-state index in [-0.39, 0.29) is 17.2 Å². The minimum atomic E-state index is -4.18. The van der Waals surface area contributed by atoms with E-state index >= 15 is 0 Å². The van der Waals surface area contributed by atoms with Crippen molar-refractivity contribution in [2.24, 2.45) is 0 Å². The predicted molar refractivity (Wildman–Crippen MR) is 143 cm³/mol. The molecular formula is C28H31N3O4S. The third kappa shape index (κ3) is 4.48. The standard InChI is InChI=1S/C28H31N3O4S/c1-17-11-12-23(19(3)13-17)30(6)26(32)16-25-28(33)29-22-9-7-8-10-24(22)31(25)36(34,35)27-20(4)14-18(2)15-21(27)5/h7-15,25H,16H2,1-6H3,(H,29,33). The van der Waals surface area contributed by atoms with Crippen molar-refractivity contribution >= 4 is 38.9 Å². The van der Waals surface area contributed by atoms with Gasteiger partial charge in [-0.1, -0.05) is 47.5 Å². The maximum atomic E-state index is 14.2. The largest absolute Gasteiger partial charge is 0.322 e. The third-order valence-electron chi connectivity index (χ3n) is 6.56. The average Bonchev–Trinajstić information content (AvgIpc) is 2.78. The maximum Gasteiger partial charge on any atom is 0.265 e. The molecule has 1 unspecified atom stereocenters. The van der Waals surface area contributed by atoms with Crippen LogP contribution < -0.4 is 14.5 Å². The molecule has 3 aromatic rings. The van der Waals surface area contributed by atoms with Crippen LogP contribution in [0.15, 0.2) is 59.5 Å². The van der Waals surface area contributed by atoms with Crippen LogP contribution in [-0.4, -0.2) is 33.3 Å². The second-order valence-electron chi connectivity index (χ2n) is 9.50. The molecule has 1 atom stereocenters. The Balaban J connectivity index is 1.80. The first-order valence-electron chi connectivity index (χ1n) is 11.8. The lowest BCUT2D eigenvalue weighted by atomic mass is 10.1. The van der Waals surface area contributed by atoms with Gasteiger partial charge in [-0.2, -0.15) is 0 Å². The van der Waals surface area contributed by atoms with Crippen LogP contribution in [0.4, 0.5) is 17.1 Å². The molecule has 0 spiro atoms. The number of hydrogen-bond donors (Lipinski definition) is 1. The van der Waals surface area contributed by atoms with E-state index in [0.717, 1.165) is 21.0 Å². The predicted octanol–water partition coefficient (Wildman–Crippen LogP) is 4.80. The molecule has 4 rings (SSSR count). The summed E-state index contributed by atoms with van der Waals surface area (Å²) in [5.41, 5.74) is 5.55. The van der Waals surface area contributed by atoms with Gasteiger partial charge in [0.25, 0.3) is 10.0 Å². The zero-order valence-electron chi connectivity index (χ0n) is 21.4. The maximum absolute atomic E-state index is 14.2. The lowest BCUT2D eigenvalue weighted by Gasteiger charge is -2.38. The second kappa shape index (κ2) is 9.43. The number of nitrogens with zero attached hydrogens (tertiary/aromatic N) is 2. The molecule has 1 N–H and O–H groups in total. The minimum absolute atomic E-state index is 0.151.